The lowest BCUT2D eigenvalue weighted by molar-refractivity contribution is -0.143. The molecule has 0 aromatic heterocycles. The van der Waals surface area contributed by atoms with Gasteiger partial charge in [0.2, 0.25) is 5.91 Å². The zero-order valence-electron chi connectivity index (χ0n) is 18.2. The molecule has 0 unspecified atom stereocenters. The smallest absolute Gasteiger partial charge is 0.325 e. The van der Waals surface area contributed by atoms with E-state index in [2.05, 4.69) is 26.1 Å². The van der Waals surface area contributed by atoms with Crippen molar-refractivity contribution in [3.8, 4) is 0 Å². The van der Waals surface area contributed by atoms with Crippen LogP contribution in [0.5, 0.6) is 0 Å². The fraction of sp³-hybridized carbons (Fsp3) is 0.625. The first-order valence-corrected chi connectivity index (χ1v) is 12.4. The Morgan fingerprint density at radius 3 is 2.19 bits per heavy atom. The van der Waals surface area contributed by atoms with E-state index in [1.165, 1.54) is 12.8 Å². The first kappa shape index (κ1) is 22.3. The summed E-state index contributed by atoms with van der Waals surface area (Å²) in [6.07, 6.45) is 11.1. The highest BCUT2D eigenvalue weighted by Gasteiger charge is 2.50. The number of halogens is 1. The summed E-state index contributed by atoms with van der Waals surface area (Å²) in [5.74, 6) is -0.447. The van der Waals surface area contributed by atoms with Crippen LogP contribution in [0.2, 0.25) is 0 Å². The SMILES string of the molecule is C[C@]1(c2cccc(Br)c2)NC(=O)N(CC(=O)N(C2CCCCC2)C2CCCCC2)C1=O. The summed E-state index contributed by atoms with van der Waals surface area (Å²) < 4.78 is 0.837. The van der Waals surface area contributed by atoms with Gasteiger partial charge >= 0.3 is 6.03 Å². The second-order valence-electron chi connectivity index (χ2n) is 9.34. The average Bonchev–Trinajstić information content (AvgIpc) is 2.99. The molecule has 0 bridgehead atoms. The van der Waals surface area contributed by atoms with Crippen LogP contribution in [0.4, 0.5) is 4.79 Å². The molecule has 1 heterocycles. The Kier molecular flexibility index (Phi) is 6.70. The molecule has 7 heteroatoms. The third-order valence-corrected chi connectivity index (χ3v) is 7.69. The lowest BCUT2D eigenvalue weighted by atomic mass is 9.88. The number of rotatable bonds is 5. The highest BCUT2D eigenvalue weighted by atomic mass is 79.9. The van der Waals surface area contributed by atoms with Crippen LogP contribution in [0.25, 0.3) is 0 Å². The van der Waals surface area contributed by atoms with E-state index in [1.54, 1.807) is 6.92 Å². The highest BCUT2D eigenvalue weighted by Crippen LogP contribution is 2.33. The molecule has 3 aliphatic rings. The van der Waals surface area contributed by atoms with Crippen molar-refractivity contribution in [2.24, 2.45) is 0 Å². The molecule has 1 atom stereocenters. The van der Waals surface area contributed by atoms with Crippen molar-refractivity contribution in [1.29, 1.82) is 0 Å². The van der Waals surface area contributed by atoms with Gasteiger partial charge < -0.3 is 10.2 Å². The van der Waals surface area contributed by atoms with Gasteiger partial charge in [0, 0.05) is 16.6 Å². The highest BCUT2D eigenvalue weighted by molar-refractivity contribution is 9.10. The van der Waals surface area contributed by atoms with Crippen LogP contribution < -0.4 is 5.32 Å². The largest absolute Gasteiger partial charge is 0.335 e. The third kappa shape index (κ3) is 4.52. The first-order valence-electron chi connectivity index (χ1n) is 11.6. The zero-order valence-corrected chi connectivity index (χ0v) is 19.8. The Hall–Kier alpha value is -1.89. The Bertz CT molecular complexity index is 830. The van der Waals surface area contributed by atoms with Gasteiger partial charge in [0.25, 0.3) is 5.91 Å². The maximum Gasteiger partial charge on any atom is 0.325 e. The number of nitrogens with one attached hydrogen (secondary N) is 1. The lowest BCUT2D eigenvalue weighted by Gasteiger charge is -2.42. The summed E-state index contributed by atoms with van der Waals surface area (Å²) in [5.41, 5.74) is -0.464. The normalized spacial score (nSPS) is 25.5. The predicted molar refractivity (Wildman–Crippen MR) is 122 cm³/mol. The number of carbonyl (C=O) groups is 3. The van der Waals surface area contributed by atoms with Gasteiger partial charge in [-0.3, -0.25) is 14.5 Å². The fourth-order valence-corrected chi connectivity index (χ4v) is 5.88. The predicted octanol–water partition coefficient (Wildman–Crippen LogP) is 4.71. The van der Waals surface area contributed by atoms with E-state index in [9.17, 15) is 14.4 Å². The minimum absolute atomic E-state index is 0.0826. The molecule has 1 saturated heterocycles. The number of carbonyl (C=O) groups excluding carboxylic acids is 3. The molecule has 0 spiro atoms. The van der Waals surface area contributed by atoms with E-state index >= 15 is 0 Å². The Morgan fingerprint density at radius 1 is 1.06 bits per heavy atom. The molecule has 1 aliphatic heterocycles. The number of nitrogens with zero attached hydrogens (tertiary/aromatic N) is 2. The van der Waals surface area contributed by atoms with E-state index in [1.807, 2.05) is 24.3 Å². The Labute approximate surface area is 192 Å². The van der Waals surface area contributed by atoms with Gasteiger partial charge in [0.1, 0.15) is 12.1 Å². The molecule has 2 aliphatic carbocycles. The minimum Gasteiger partial charge on any atom is -0.335 e. The van der Waals surface area contributed by atoms with Gasteiger partial charge in [-0.2, -0.15) is 0 Å². The summed E-state index contributed by atoms with van der Waals surface area (Å²) in [5, 5.41) is 2.82. The summed E-state index contributed by atoms with van der Waals surface area (Å²) in [7, 11) is 0. The fourth-order valence-electron chi connectivity index (χ4n) is 5.48. The van der Waals surface area contributed by atoms with Crippen molar-refractivity contribution in [2.75, 3.05) is 6.54 Å². The van der Waals surface area contributed by atoms with Gasteiger partial charge in [-0.1, -0.05) is 66.6 Å². The monoisotopic (exact) mass is 489 g/mol. The van der Waals surface area contributed by atoms with Gasteiger partial charge in [-0.25, -0.2) is 4.79 Å². The van der Waals surface area contributed by atoms with E-state index < -0.39 is 11.6 Å². The number of imide groups is 1. The van der Waals surface area contributed by atoms with Crippen LogP contribution >= 0.6 is 15.9 Å². The quantitative estimate of drug-likeness (QED) is 0.608. The summed E-state index contributed by atoms with van der Waals surface area (Å²) in [6.45, 7) is 1.53. The third-order valence-electron chi connectivity index (χ3n) is 7.19. The van der Waals surface area contributed by atoms with E-state index in [4.69, 9.17) is 0 Å². The lowest BCUT2D eigenvalue weighted by Crippen LogP contribution is -2.53. The van der Waals surface area contributed by atoms with Crippen molar-refractivity contribution in [3.05, 3.63) is 34.3 Å². The molecule has 2 saturated carbocycles. The Balaban J connectivity index is 1.53. The molecule has 168 valence electrons. The molecule has 6 nitrogen and oxygen atoms in total. The average molecular weight is 490 g/mol. The van der Waals surface area contributed by atoms with Crippen LogP contribution in [0.1, 0.15) is 76.7 Å². The van der Waals surface area contributed by atoms with Crippen LogP contribution in [0.3, 0.4) is 0 Å². The molecule has 1 aromatic carbocycles. The molecule has 1 N–H and O–H groups in total. The number of benzene rings is 1. The molecular formula is C24H32BrN3O3. The molecule has 4 rings (SSSR count). The van der Waals surface area contributed by atoms with Gasteiger partial charge in [-0.15, -0.1) is 0 Å². The maximum atomic E-state index is 13.5. The molecular weight excluding hydrogens is 458 g/mol. The first-order chi connectivity index (χ1) is 14.9. The van der Waals surface area contributed by atoms with Crippen molar-refractivity contribution < 1.29 is 14.4 Å². The van der Waals surface area contributed by atoms with Crippen LogP contribution in [-0.4, -0.2) is 46.3 Å². The van der Waals surface area contributed by atoms with Gasteiger partial charge in [0.05, 0.1) is 0 Å². The van der Waals surface area contributed by atoms with E-state index in [-0.39, 0.29) is 30.4 Å². The van der Waals surface area contributed by atoms with Crippen LogP contribution in [0, 0.1) is 0 Å². The second-order valence-corrected chi connectivity index (χ2v) is 10.3. The van der Waals surface area contributed by atoms with Gasteiger partial charge in [0.15, 0.2) is 0 Å². The molecule has 0 radical (unpaired) electrons. The van der Waals surface area contributed by atoms with Crippen molar-refractivity contribution >= 4 is 33.8 Å². The molecule has 1 aromatic rings. The Morgan fingerprint density at radius 2 is 1.65 bits per heavy atom. The van der Waals surface area contributed by atoms with Crippen molar-refractivity contribution in [1.82, 2.24) is 15.1 Å². The topological polar surface area (TPSA) is 69.7 Å². The van der Waals surface area contributed by atoms with E-state index in [0.717, 1.165) is 60.7 Å². The van der Waals surface area contributed by atoms with Crippen LogP contribution in [-0.2, 0) is 15.1 Å². The summed E-state index contributed by atoms with van der Waals surface area (Å²) >= 11 is 3.43. The summed E-state index contributed by atoms with van der Waals surface area (Å²) in [6, 6.07) is 7.36. The maximum absolute atomic E-state index is 13.5. The number of urea groups is 1. The number of hydrogen-bond acceptors (Lipinski definition) is 3. The molecule has 31 heavy (non-hydrogen) atoms. The van der Waals surface area contributed by atoms with Gasteiger partial charge in [-0.05, 0) is 50.3 Å². The zero-order chi connectivity index (χ0) is 22.0. The number of hydrogen-bond donors (Lipinski definition) is 1. The van der Waals surface area contributed by atoms with Crippen LogP contribution in [0.15, 0.2) is 28.7 Å². The van der Waals surface area contributed by atoms with E-state index in [0.29, 0.717) is 5.56 Å². The minimum atomic E-state index is -1.17. The van der Waals surface area contributed by atoms with Crippen molar-refractivity contribution in [3.63, 3.8) is 0 Å². The molecule has 3 fully saturated rings. The summed E-state index contributed by atoms with van der Waals surface area (Å²) in [4.78, 5) is 42.8. The molecule has 4 amide bonds. The standard InChI is InChI=1S/C24H32BrN3O3/c1-24(17-9-8-10-18(25)15-17)22(30)27(23(31)26-24)16-21(29)28(19-11-4-2-5-12-19)20-13-6-3-7-14-20/h8-10,15,19-20H,2-7,11-14,16H2,1H3,(H,26,31)/t24-/m1/s1. The second kappa shape index (κ2) is 9.31. The number of amides is 4. The van der Waals surface area contributed by atoms with Crippen molar-refractivity contribution in [2.45, 2.75) is 88.8 Å².